The second kappa shape index (κ2) is 6.19. The van der Waals surface area contributed by atoms with Gasteiger partial charge in [-0.05, 0) is 50.8 Å². The number of aromatic nitrogens is 2. The van der Waals surface area contributed by atoms with Gasteiger partial charge in [0.05, 0.1) is 23.2 Å². The quantitative estimate of drug-likeness (QED) is 0.828. The molecule has 3 aliphatic rings. The van der Waals surface area contributed by atoms with Crippen molar-refractivity contribution >= 4 is 28.4 Å². The monoisotopic (exact) mass is 388 g/mol. The van der Waals surface area contributed by atoms with Crippen molar-refractivity contribution < 1.29 is 9.90 Å². The van der Waals surface area contributed by atoms with Crippen molar-refractivity contribution in [1.29, 1.82) is 0 Å². The van der Waals surface area contributed by atoms with Crippen molar-refractivity contribution in [1.82, 2.24) is 20.0 Å². The van der Waals surface area contributed by atoms with Crippen LogP contribution in [0, 0.1) is 11.8 Å². The maximum atomic E-state index is 12.7. The molecule has 5 rings (SSSR count). The number of aliphatic hydroxyl groups is 1. The lowest BCUT2D eigenvalue weighted by Gasteiger charge is -2.43. The van der Waals surface area contributed by atoms with Crippen LogP contribution in [0.4, 0.5) is 0 Å². The van der Waals surface area contributed by atoms with Gasteiger partial charge < -0.3 is 15.3 Å². The van der Waals surface area contributed by atoms with E-state index in [1.165, 1.54) is 0 Å². The summed E-state index contributed by atoms with van der Waals surface area (Å²) in [7, 11) is 0. The van der Waals surface area contributed by atoms with Crippen LogP contribution in [0.5, 0.6) is 0 Å². The first kappa shape index (κ1) is 17.5. The van der Waals surface area contributed by atoms with Crippen LogP contribution in [0.25, 0.3) is 10.9 Å². The Balaban J connectivity index is 1.38. The lowest BCUT2D eigenvalue weighted by molar-refractivity contribution is -0.137. The fourth-order valence-electron chi connectivity index (χ4n) is 5.37. The summed E-state index contributed by atoms with van der Waals surface area (Å²) in [6.07, 6.45) is 3.90. The second-order valence-corrected chi connectivity index (χ2v) is 8.84. The highest BCUT2D eigenvalue weighted by Crippen LogP contribution is 2.51. The van der Waals surface area contributed by atoms with E-state index in [0.717, 1.165) is 61.9 Å². The summed E-state index contributed by atoms with van der Waals surface area (Å²) in [4.78, 5) is 14.7. The van der Waals surface area contributed by atoms with Gasteiger partial charge in [-0.1, -0.05) is 11.6 Å². The maximum absolute atomic E-state index is 12.7. The third-order valence-electron chi connectivity index (χ3n) is 7.01. The number of halogens is 1. The molecule has 7 heteroatoms. The molecule has 0 radical (unpaired) electrons. The molecular formula is C20H25ClN4O2. The Hall–Kier alpha value is -1.63. The SMILES string of the molecule is CC1(C2CCN(C(=O)[C@H]3CCNC3)CC2)[C@H](O)c2cc(Cl)cc3cnn1c23. The van der Waals surface area contributed by atoms with Crippen LogP contribution in [0.15, 0.2) is 18.3 Å². The average molecular weight is 389 g/mol. The first-order valence-electron chi connectivity index (χ1n) is 9.85. The number of benzene rings is 1. The molecule has 144 valence electrons. The lowest BCUT2D eigenvalue weighted by Crippen LogP contribution is -2.49. The Labute approximate surface area is 163 Å². The van der Waals surface area contributed by atoms with Crippen molar-refractivity contribution in [2.24, 2.45) is 11.8 Å². The summed E-state index contributed by atoms with van der Waals surface area (Å²) < 4.78 is 2.00. The number of amides is 1. The van der Waals surface area contributed by atoms with Crippen LogP contribution in [0.3, 0.4) is 0 Å². The zero-order valence-corrected chi connectivity index (χ0v) is 16.2. The number of aliphatic hydroxyl groups excluding tert-OH is 1. The minimum atomic E-state index is -0.631. The molecule has 4 heterocycles. The molecule has 2 fully saturated rings. The Kier molecular flexibility index (Phi) is 4.00. The average Bonchev–Trinajstić information content (AvgIpc) is 3.39. The van der Waals surface area contributed by atoms with Crippen LogP contribution in [0.1, 0.15) is 37.9 Å². The minimum Gasteiger partial charge on any atom is -0.386 e. The zero-order valence-electron chi connectivity index (χ0n) is 15.5. The van der Waals surface area contributed by atoms with E-state index in [2.05, 4.69) is 17.3 Å². The molecule has 3 aliphatic heterocycles. The Bertz CT molecular complexity index is 899. The van der Waals surface area contributed by atoms with Crippen molar-refractivity contribution in [2.45, 2.75) is 37.8 Å². The molecule has 1 aromatic carbocycles. The van der Waals surface area contributed by atoms with Crippen LogP contribution in [0.2, 0.25) is 5.02 Å². The van der Waals surface area contributed by atoms with Gasteiger partial charge in [-0.15, -0.1) is 0 Å². The minimum absolute atomic E-state index is 0.131. The maximum Gasteiger partial charge on any atom is 0.227 e. The summed E-state index contributed by atoms with van der Waals surface area (Å²) >= 11 is 6.25. The Morgan fingerprint density at radius 2 is 2.11 bits per heavy atom. The van der Waals surface area contributed by atoms with Gasteiger partial charge in [0.25, 0.3) is 0 Å². The second-order valence-electron chi connectivity index (χ2n) is 8.41. The number of likely N-dealkylation sites (tertiary alicyclic amines) is 1. The number of nitrogens with zero attached hydrogens (tertiary/aromatic N) is 3. The predicted molar refractivity (Wildman–Crippen MR) is 104 cm³/mol. The summed E-state index contributed by atoms with van der Waals surface area (Å²) in [5, 5.41) is 20.7. The molecule has 0 aliphatic carbocycles. The fraction of sp³-hybridized carbons (Fsp3) is 0.600. The number of nitrogens with one attached hydrogen (secondary N) is 1. The van der Waals surface area contributed by atoms with E-state index in [4.69, 9.17) is 11.6 Å². The summed E-state index contributed by atoms with van der Waals surface area (Å²) in [6.45, 7) is 5.35. The molecule has 3 atom stereocenters. The smallest absolute Gasteiger partial charge is 0.227 e. The lowest BCUT2D eigenvalue weighted by atomic mass is 9.75. The van der Waals surface area contributed by atoms with E-state index in [0.29, 0.717) is 5.02 Å². The third kappa shape index (κ3) is 2.46. The molecular weight excluding hydrogens is 364 g/mol. The van der Waals surface area contributed by atoms with Crippen LogP contribution in [-0.4, -0.2) is 51.9 Å². The molecule has 0 spiro atoms. The molecule has 0 bridgehead atoms. The zero-order chi connectivity index (χ0) is 18.8. The van der Waals surface area contributed by atoms with Crippen molar-refractivity contribution in [2.75, 3.05) is 26.2 Å². The van der Waals surface area contributed by atoms with Gasteiger partial charge in [-0.25, -0.2) is 0 Å². The number of hydrogen-bond donors (Lipinski definition) is 2. The summed E-state index contributed by atoms with van der Waals surface area (Å²) in [5.41, 5.74) is 1.36. The first-order chi connectivity index (χ1) is 13.0. The number of hydrogen-bond acceptors (Lipinski definition) is 4. The number of carbonyl (C=O) groups excluding carboxylic acids is 1. The van der Waals surface area contributed by atoms with Crippen LogP contribution < -0.4 is 5.32 Å². The highest BCUT2D eigenvalue weighted by atomic mass is 35.5. The van der Waals surface area contributed by atoms with Gasteiger partial charge in [0, 0.05) is 35.6 Å². The van der Waals surface area contributed by atoms with E-state index in [1.54, 1.807) is 0 Å². The van der Waals surface area contributed by atoms with Crippen molar-refractivity contribution in [3.63, 3.8) is 0 Å². The van der Waals surface area contributed by atoms with Gasteiger partial charge in [-0.3, -0.25) is 9.48 Å². The number of carbonyl (C=O) groups is 1. The normalized spacial score (nSPS) is 31.1. The molecule has 2 aromatic rings. The molecule has 0 saturated carbocycles. The van der Waals surface area contributed by atoms with E-state index in [1.807, 2.05) is 27.9 Å². The molecule has 1 unspecified atom stereocenters. The van der Waals surface area contributed by atoms with Gasteiger partial charge in [0.1, 0.15) is 6.10 Å². The fourth-order valence-corrected chi connectivity index (χ4v) is 5.61. The summed E-state index contributed by atoms with van der Waals surface area (Å²) in [6, 6.07) is 3.77. The first-order valence-corrected chi connectivity index (χ1v) is 10.2. The topological polar surface area (TPSA) is 70.4 Å². The number of rotatable bonds is 2. The van der Waals surface area contributed by atoms with Crippen LogP contribution in [-0.2, 0) is 10.3 Å². The molecule has 2 N–H and O–H groups in total. The van der Waals surface area contributed by atoms with Crippen LogP contribution >= 0.6 is 11.6 Å². The van der Waals surface area contributed by atoms with E-state index in [-0.39, 0.29) is 17.7 Å². The Morgan fingerprint density at radius 1 is 1.33 bits per heavy atom. The molecule has 27 heavy (non-hydrogen) atoms. The van der Waals surface area contributed by atoms with Gasteiger partial charge in [0.2, 0.25) is 5.91 Å². The van der Waals surface area contributed by atoms with Gasteiger partial charge in [0.15, 0.2) is 0 Å². The van der Waals surface area contributed by atoms with Crippen molar-refractivity contribution in [3.05, 3.63) is 28.9 Å². The van der Waals surface area contributed by atoms with Gasteiger partial charge >= 0.3 is 0 Å². The predicted octanol–water partition coefficient (Wildman–Crippen LogP) is 2.30. The standard InChI is InChI=1S/C20H25ClN4O2/c1-20(14-3-6-24(7-4-14)19(27)12-2-5-22-10-12)18(26)16-9-15(21)8-13-11-23-25(20)17(13)16/h8-9,11-12,14,18,22,26H,2-7,10H2,1H3/t12-,18+,20?/m0/s1. The summed E-state index contributed by atoms with van der Waals surface area (Å²) in [5.74, 6) is 0.672. The Morgan fingerprint density at radius 3 is 2.81 bits per heavy atom. The molecule has 1 amide bonds. The number of piperidine rings is 1. The molecule has 2 saturated heterocycles. The van der Waals surface area contributed by atoms with E-state index >= 15 is 0 Å². The van der Waals surface area contributed by atoms with E-state index in [9.17, 15) is 9.90 Å². The van der Waals surface area contributed by atoms with Crippen molar-refractivity contribution in [3.8, 4) is 0 Å². The highest BCUT2D eigenvalue weighted by molar-refractivity contribution is 6.31. The molecule has 1 aromatic heterocycles. The molecule has 6 nitrogen and oxygen atoms in total. The third-order valence-corrected chi connectivity index (χ3v) is 7.22. The van der Waals surface area contributed by atoms with Gasteiger partial charge in [-0.2, -0.15) is 5.10 Å². The van der Waals surface area contributed by atoms with E-state index < -0.39 is 11.6 Å². The highest BCUT2D eigenvalue weighted by Gasteiger charge is 2.50. The largest absolute Gasteiger partial charge is 0.386 e.